The van der Waals surface area contributed by atoms with E-state index in [-0.39, 0.29) is 1.43 Å². The van der Waals surface area contributed by atoms with Crippen LogP contribution in [-0.4, -0.2) is 50.2 Å². The van der Waals surface area contributed by atoms with Crippen LogP contribution in [0.5, 0.6) is 0 Å². The largest absolute Gasteiger partial charge is 1.00 e. The molecule has 0 spiro atoms. The van der Waals surface area contributed by atoms with Gasteiger partial charge >= 0.3 is 1.43 Å². The second-order valence-electron chi connectivity index (χ2n) is 3.09. The van der Waals surface area contributed by atoms with Gasteiger partial charge in [-0.15, -0.1) is 0 Å². The van der Waals surface area contributed by atoms with Gasteiger partial charge in [0.05, 0.1) is 28.2 Å². The molecule has 0 aliphatic heterocycles. The molecule has 0 amide bonds. The van der Waals surface area contributed by atoms with E-state index < -0.39 is 10.4 Å². The standard InChI is InChI=1S/C4H12N.H2O4S/c2*1-5(2,3)4/h1-4H3;(H2,1,2,3,4)/q+1;/p-1. The minimum absolute atomic E-state index is 0. The Morgan fingerprint density at radius 1 is 1.10 bits per heavy atom. The summed E-state index contributed by atoms with van der Waals surface area (Å²) in [4.78, 5) is 0. The number of rotatable bonds is 0. The van der Waals surface area contributed by atoms with Crippen LogP contribution in [0.25, 0.3) is 0 Å². The molecule has 0 N–H and O–H groups in total. The summed E-state index contributed by atoms with van der Waals surface area (Å²) in [5, 5.41) is 0. The molecule has 0 saturated heterocycles. The SMILES string of the molecule is C[N+](C)(C)C.O=S(=O)([O-])[O-].[H+]. The summed E-state index contributed by atoms with van der Waals surface area (Å²) in [6.07, 6.45) is 0. The van der Waals surface area contributed by atoms with Gasteiger partial charge in [0, 0.05) is 10.4 Å². The number of quaternary nitrogens is 1. The highest BCUT2D eigenvalue weighted by atomic mass is 32.3. The maximum atomic E-state index is 8.52. The lowest BCUT2D eigenvalue weighted by molar-refractivity contribution is -0.849. The van der Waals surface area contributed by atoms with E-state index in [1.54, 1.807) is 0 Å². The fourth-order valence-corrected chi connectivity index (χ4v) is 0. The molecule has 0 aromatic heterocycles. The van der Waals surface area contributed by atoms with E-state index in [1.165, 1.54) is 0 Å². The molecule has 0 aromatic carbocycles. The zero-order valence-corrected chi connectivity index (χ0v) is 7.30. The zero-order valence-electron chi connectivity index (χ0n) is 7.49. The normalized spacial score (nSPS) is 11.8. The first-order valence-electron chi connectivity index (χ1n) is 2.46. The maximum absolute atomic E-state index is 8.52. The Hall–Kier alpha value is -0.170. The molecule has 0 aliphatic carbocycles. The quantitative estimate of drug-likeness (QED) is 0.268. The summed E-state index contributed by atoms with van der Waals surface area (Å²) in [7, 11) is 3.33. The smallest absolute Gasteiger partial charge is 0.759 e. The van der Waals surface area contributed by atoms with Crippen molar-refractivity contribution in [3.8, 4) is 0 Å². The summed E-state index contributed by atoms with van der Waals surface area (Å²) in [6, 6.07) is 0. The van der Waals surface area contributed by atoms with Crippen molar-refractivity contribution in [2.24, 2.45) is 0 Å². The van der Waals surface area contributed by atoms with E-state index in [0.29, 0.717) is 0 Å². The molecular formula is C4H13NO4S. The van der Waals surface area contributed by atoms with Crippen molar-refractivity contribution < 1.29 is 23.4 Å². The lowest BCUT2D eigenvalue weighted by Gasteiger charge is -2.14. The topological polar surface area (TPSA) is 80.3 Å². The second-order valence-corrected chi connectivity index (χ2v) is 3.91. The molecule has 0 unspecified atom stereocenters. The van der Waals surface area contributed by atoms with Gasteiger partial charge in [-0.1, -0.05) is 0 Å². The molecule has 5 nitrogen and oxygen atoms in total. The highest BCUT2D eigenvalue weighted by molar-refractivity contribution is 7.79. The molecule has 0 aromatic rings. The minimum Gasteiger partial charge on any atom is -0.759 e. The Bertz CT molecular complexity index is 157. The lowest BCUT2D eigenvalue weighted by Crippen LogP contribution is -2.27. The first-order chi connectivity index (χ1) is 4.00. The van der Waals surface area contributed by atoms with Crippen molar-refractivity contribution in [2.75, 3.05) is 28.2 Å². The Morgan fingerprint density at radius 3 is 1.10 bits per heavy atom. The fraction of sp³-hybridized carbons (Fsp3) is 1.00. The van der Waals surface area contributed by atoms with Gasteiger partial charge in [0.15, 0.2) is 0 Å². The average molecular weight is 171 g/mol. The third-order valence-electron chi connectivity index (χ3n) is 0. The van der Waals surface area contributed by atoms with Crippen molar-refractivity contribution in [1.29, 1.82) is 0 Å². The molecule has 0 heterocycles. The van der Waals surface area contributed by atoms with E-state index in [1.807, 2.05) is 0 Å². The lowest BCUT2D eigenvalue weighted by atomic mass is 10.8. The number of hydrogen-bond acceptors (Lipinski definition) is 4. The van der Waals surface area contributed by atoms with Crippen LogP contribution in [0.3, 0.4) is 0 Å². The van der Waals surface area contributed by atoms with Gasteiger partial charge in [0.1, 0.15) is 0 Å². The van der Waals surface area contributed by atoms with Crippen LogP contribution in [0.4, 0.5) is 0 Å². The number of hydrogen-bond donors (Lipinski definition) is 0. The number of nitrogens with zero attached hydrogens (tertiary/aromatic N) is 1. The summed E-state index contributed by atoms with van der Waals surface area (Å²) < 4.78 is 35.1. The monoisotopic (exact) mass is 171 g/mol. The van der Waals surface area contributed by atoms with Gasteiger partial charge < -0.3 is 13.6 Å². The minimum atomic E-state index is -5.17. The van der Waals surface area contributed by atoms with Crippen LogP contribution in [0.2, 0.25) is 0 Å². The van der Waals surface area contributed by atoms with Crippen molar-refractivity contribution in [3.63, 3.8) is 0 Å². The van der Waals surface area contributed by atoms with E-state index in [9.17, 15) is 0 Å². The maximum Gasteiger partial charge on any atom is 1.00 e. The zero-order chi connectivity index (χ0) is 9.00. The molecule has 64 valence electrons. The highest BCUT2D eigenvalue weighted by Gasteiger charge is 1.88. The van der Waals surface area contributed by atoms with Crippen LogP contribution < -0.4 is 0 Å². The van der Waals surface area contributed by atoms with Crippen molar-refractivity contribution in [1.82, 2.24) is 0 Å². The molecule has 10 heavy (non-hydrogen) atoms. The van der Waals surface area contributed by atoms with E-state index in [0.717, 1.165) is 4.48 Å². The molecule has 0 fully saturated rings. The predicted octanol–water partition coefficient (Wildman–Crippen LogP) is -0.903. The van der Waals surface area contributed by atoms with E-state index >= 15 is 0 Å². The Labute approximate surface area is 62.9 Å². The Balaban J connectivity index is -0.000000107. The molecular weight excluding hydrogens is 158 g/mol. The summed E-state index contributed by atoms with van der Waals surface area (Å²) in [5.74, 6) is 0. The highest BCUT2D eigenvalue weighted by Crippen LogP contribution is 1.73. The third kappa shape index (κ3) is 12600. The van der Waals surface area contributed by atoms with Crippen LogP contribution in [-0.2, 0) is 10.4 Å². The summed E-state index contributed by atoms with van der Waals surface area (Å²) in [5.41, 5.74) is 0. The van der Waals surface area contributed by atoms with Gasteiger partial charge in [0.2, 0.25) is 0 Å². The third-order valence-corrected chi connectivity index (χ3v) is 0. The summed E-state index contributed by atoms with van der Waals surface area (Å²) in [6.45, 7) is 0. The predicted molar refractivity (Wildman–Crippen MR) is 35.5 cm³/mol. The van der Waals surface area contributed by atoms with Crippen molar-refractivity contribution in [3.05, 3.63) is 0 Å². The van der Waals surface area contributed by atoms with E-state index in [2.05, 4.69) is 28.2 Å². The molecule has 0 radical (unpaired) electrons. The molecule has 0 aliphatic rings. The summed E-state index contributed by atoms with van der Waals surface area (Å²) >= 11 is 0. The van der Waals surface area contributed by atoms with Crippen LogP contribution in [0, 0.1) is 0 Å². The van der Waals surface area contributed by atoms with Gasteiger partial charge in [-0.25, -0.2) is 0 Å². The molecule has 6 heteroatoms. The first kappa shape index (κ1) is 12.5. The molecule has 0 rings (SSSR count). The van der Waals surface area contributed by atoms with Crippen LogP contribution >= 0.6 is 0 Å². The average Bonchev–Trinajstić information content (AvgIpc) is 1.12. The van der Waals surface area contributed by atoms with Crippen LogP contribution in [0.1, 0.15) is 1.43 Å². The second kappa shape index (κ2) is 3.87. The Kier molecular flexibility index (Phi) is 4.84. The van der Waals surface area contributed by atoms with E-state index in [4.69, 9.17) is 17.5 Å². The van der Waals surface area contributed by atoms with Gasteiger partial charge in [0.25, 0.3) is 0 Å². The molecule has 0 atom stereocenters. The van der Waals surface area contributed by atoms with Crippen LogP contribution in [0.15, 0.2) is 0 Å². The van der Waals surface area contributed by atoms with Crippen molar-refractivity contribution >= 4 is 10.4 Å². The van der Waals surface area contributed by atoms with Gasteiger partial charge in [-0.05, 0) is 0 Å². The fourth-order valence-electron chi connectivity index (χ4n) is 0. The van der Waals surface area contributed by atoms with Crippen molar-refractivity contribution in [2.45, 2.75) is 0 Å². The molecule has 0 saturated carbocycles. The van der Waals surface area contributed by atoms with Gasteiger partial charge in [-0.3, -0.25) is 8.42 Å². The first-order valence-corrected chi connectivity index (χ1v) is 3.79. The van der Waals surface area contributed by atoms with Gasteiger partial charge in [-0.2, -0.15) is 0 Å². The molecule has 0 bridgehead atoms. The Morgan fingerprint density at radius 2 is 1.10 bits per heavy atom.